The molecule has 3 rings (SSSR count). The van der Waals surface area contributed by atoms with Crippen molar-refractivity contribution in [3.63, 3.8) is 0 Å². The zero-order valence-electron chi connectivity index (χ0n) is 12.3. The Morgan fingerprint density at radius 2 is 1.95 bits per heavy atom. The van der Waals surface area contributed by atoms with E-state index in [1.165, 1.54) is 5.56 Å². The first kappa shape index (κ1) is 13.6. The van der Waals surface area contributed by atoms with Crippen molar-refractivity contribution < 1.29 is 0 Å². The van der Waals surface area contributed by atoms with Crippen LogP contribution in [0.2, 0.25) is 0 Å². The van der Waals surface area contributed by atoms with Gasteiger partial charge in [0.25, 0.3) is 0 Å². The number of nitrogens with zero attached hydrogens (tertiary/aromatic N) is 4. The highest BCUT2D eigenvalue weighted by Crippen LogP contribution is 2.14. The first-order chi connectivity index (χ1) is 10.2. The number of hydrogen-bond donors (Lipinski definition) is 1. The van der Waals surface area contributed by atoms with Crippen LogP contribution in [0.1, 0.15) is 24.2 Å². The van der Waals surface area contributed by atoms with Gasteiger partial charge in [0.15, 0.2) is 0 Å². The van der Waals surface area contributed by atoms with Crippen LogP contribution in [0, 0.1) is 0 Å². The van der Waals surface area contributed by atoms with E-state index in [-0.39, 0.29) is 6.04 Å². The molecule has 5 nitrogen and oxygen atoms in total. The van der Waals surface area contributed by atoms with E-state index in [1.807, 2.05) is 65.2 Å². The fourth-order valence-corrected chi connectivity index (χ4v) is 2.23. The van der Waals surface area contributed by atoms with Gasteiger partial charge in [-0.1, -0.05) is 18.2 Å². The normalized spacial score (nSPS) is 12.5. The first-order valence-corrected chi connectivity index (χ1v) is 7.04. The van der Waals surface area contributed by atoms with Gasteiger partial charge in [0, 0.05) is 37.6 Å². The molecular weight excluding hydrogens is 262 g/mol. The Bertz CT molecular complexity index is 698. The molecule has 108 valence electrons. The first-order valence-electron chi connectivity index (χ1n) is 7.04. The maximum absolute atomic E-state index is 4.43. The molecule has 2 heterocycles. The minimum Gasteiger partial charge on any atom is -0.304 e. The van der Waals surface area contributed by atoms with Crippen molar-refractivity contribution in [3.05, 3.63) is 66.2 Å². The number of rotatable bonds is 5. The van der Waals surface area contributed by atoms with Crippen molar-refractivity contribution in [1.82, 2.24) is 24.9 Å². The van der Waals surface area contributed by atoms with Gasteiger partial charge in [-0.25, -0.2) is 4.68 Å². The van der Waals surface area contributed by atoms with Crippen LogP contribution in [0.15, 0.2) is 55.0 Å². The van der Waals surface area contributed by atoms with Crippen LogP contribution >= 0.6 is 0 Å². The molecule has 0 saturated carbocycles. The highest BCUT2D eigenvalue weighted by molar-refractivity contribution is 5.31. The molecule has 0 aliphatic rings. The van der Waals surface area contributed by atoms with Gasteiger partial charge in [0.05, 0.1) is 17.6 Å². The Kier molecular flexibility index (Phi) is 3.83. The summed E-state index contributed by atoms with van der Waals surface area (Å²) in [5, 5.41) is 12.1. The van der Waals surface area contributed by atoms with Gasteiger partial charge in [-0.05, 0) is 25.1 Å². The van der Waals surface area contributed by atoms with Gasteiger partial charge >= 0.3 is 0 Å². The lowest BCUT2D eigenvalue weighted by Crippen LogP contribution is -2.19. The molecule has 1 atom stereocenters. The third kappa shape index (κ3) is 3.03. The third-order valence-corrected chi connectivity index (χ3v) is 3.64. The minimum absolute atomic E-state index is 0.234. The summed E-state index contributed by atoms with van der Waals surface area (Å²) in [7, 11) is 1.95. The smallest absolute Gasteiger partial charge is 0.0645 e. The van der Waals surface area contributed by atoms with Crippen molar-refractivity contribution in [2.75, 3.05) is 0 Å². The molecule has 0 aliphatic heterocycles. The van der Waals surface area contributed by atoms with Crippen molar-refractivity contribution in [3.8, 4) is 5.69 Å². The molecule has 1 N–H and O–H groups in total. The summed E-state index contributed by atoms with van der Waals surface area (Å²) < 4.78 is 3.78. The summed E-state index contributed by atoms with van der Waals surface area (Å²) in [6, 6.07) is 12.4. The summed E-state index contributed by atoms with van der Waals surface area (Å²) in [6.45, 7) is 2.93. The van der Waals surface area contributed by atoms with E-state index in [9.17, 15) is 0 Å². The molecule has 21 heavy (non-hydrogen) atoms. The van der Waals surface area contributed by atoms with Gasteiger partial charge in [0.1, 0.15) is 0 Å². The van der Waals surface area contributed by atoms with Crippen LogP contribution in [-0.2, 0) is 13.6 Å². The highest BCUT2D eigenvalue weighted by Gasteiger charge is 2.09. The van der Waals surface area contributed by atoms with Gasteiger partial charge in [-0.15, -0.1) is 0 Å². The Hall–Kier alpha value is -2.40. The van der Waals surface area contributed by atoms with Crippen molar-refractivity contribution in [1.29, 1.82) is 0 Å². The summed E-state index contributed by atoms with van der Waals surface area (Å²) in [4.78, 5) is 0. The number of benzene rings is 1. The average molecular weight is 281 g/mol. The summed E-state index contributed by atoms with van der Waals surface area (Å²) in [6.07, 6.45) is 5.79. The lowest BCUT2D eigenvalue weighted by atomic mass is 10.2. The Labute approximate surface area is 124 Å². The number of para-hydroxylation sites is 1. The van der Waals surface area contributed by atoms with Crippen LogP contribution in [0.25, 0.3) is 5.69 Å². The molecule has 0 aliphatic carbocycles. The molecule has 0 amide bonds. The zero-order valence-corrected chi connectivity index (χ0v) is 12.3. The fraction of sp³-hybridized carbons (Fsp3) is 0.250. The molecule has 0 radical (unpaired) electrons. The van der Waals surface area contributed by atoms with Crippen LogP contribution < -0.4 is 5.32 Å². The number of hydrogen-bond acceptors (Lipinski definition) is 3. The van der Waals surface area contributed by atoms with E-state index in [1.54, 1.807) is 0 Å². The molecule has 5 heteroatoms. The number of aromatic nitrogens is 4. The fourth-order valence-electron chi connectivity index (χ4n) is 2.23. The molecular formula is C16H19N5. The van der Waals surface area contributed by atoms with E-state index in [0.717, 1.165) is 17.9 Å². The zero-order chi connectivity index (χ0) is 14.7. The van der Waals surface area contributed by atoms with E-state index in [2.05, 4.69) is 28.6 Å². The van der Waals surface area contributed by atoms with E-state index in [4.69, 9.17) is 0 Å². The van der Waals surface area contributed by atoms with Crippen molar-refractivity contribution in [2.45, 2.75) is 19.5 Å². The minimum atomic E-state index is 0.234. The Morgan fingerprint density at radius 3 is 2.67 bits per heavy atom. The predicted octanol–water partition coefficient (Wildman–Crippen LogP) is 2.46. The topological polar surface area (TPSA) is 47.7 Å². The van der Waals surface area contributed by atoms with Gasteiger partial charge in [-0.3, -0.25) is 4.68 Å². The molecule has 0 bridgehead atoms. The lowest BCUT2D eigenvalue weighted by molar-refractivity contribution is 0.548. The van der Waals surface area contributed by atoms with Crippen LogP contribution in [0.5, 0.6) is 0 Å². The largest absolute Gasteiger partial charge is 0.304 e. The SMILES string of the molecule is CC(NCc1ccnn1C)c1cnn(-c2ccccc2)c1. The second-order valence-corrected chi connectivity index (χ2v) is 5.10. The lowest BCUT2D eigenvalue weighted by Gasteiger charge is -2.12. The van der Waals surface area contributed by atoms with Gasteiger partial charge in [0.2, 0.25) is 0 Å². The van der Waals surface area contributed by atoms with E-state index in [0.29, 0.717) is 0 Å². The van der Waals surface area contributed by atoms with Gasteiger partial charge in [-0.2, -0.15) is 10.2 Å². The second-order valence-electron chi connectivity index (χ2n) is 5.10. The summed E-state index contributed by atoms with van der Waals surface area (Å²) in [5.41, 5.74) is 3.40. The molecule has 2 aromatic heterocycles. The van der Waals surface area contributed by atoms with Crippen LogP contribution in [0.4, 0.5) is 0 Å². The average Bonchev–Trinajstić information content (AvgIpc) is 3.15. The van der Waals surface area contributed by atoms with E-state index < -0.39 is 0 Å². The third-order valence-electron chi connectivity index (χ3n) is 3.64. The molecule has 0 fully saturated rings. The molecule has 0 saturated heterocycles. The Balaban J connectivity index is 1.67. The van der Waals surface area contributed by atoms with E-state index >= 15 is 0 Å². The van der Waals surface area contributed by atoms with Gasteiger partial charge < -0.3 is 5.32 Å². The summed E-state index contributed by atoms with van der Waals surface area (Å²) in [5.74, 6) is 0. The monoisotopic (exact) mass is 281 g/mol. The maximum Gasteiger partial charge on any atom is 0.0645 e. The Morgan fingerprint density at radius 1 is 1.14 bits per heavy atom. The van der Waals surface area contributed by atoms with Crippen molar-refractivity contribution in [2.24, 2.45) is 7.05 Å². The second kappa shape index (κ2) is 5.93. The quantitative estimate of drug-likeness (QED) is 0.781. The number of nitrogens with one attached hydrogen (secondary N) is 1. The molecule has 1 unspecified atom stereocenters. The molecule has 1 aromatic carbocycles. The number of aryl methyl sites for hydroxylation is 1. The molecule has 0 spiro atoms. The maximum atomic E-state index is 4.43. The van der Waals surface area contributed by atoms with Crippen LogP contribution in [0.3, 0.4) is 0 Å². The predicted molar refractivity (Wildman–Crippen MR) is 82.0 cm³/mol. The standard InChI is InChI=1S/C16H19N5/c1-13(17-11-16-8-9-18-20(16)2)14-10-19-21(12-14)15-6-4-3-5-7-15/h3-10,12-13,17H,11H2,1-2H3. The summed E-state index contributed by atoms with van der Waals surface area (Å²) >= 11 is 0. The molecule has 3 aromatic rings. The highest BCUT2D eigenvalue weighted by atomic mass is 15.3. The van der Waals surface area contributed by atoms with Crippen LogP contribution in [-0.4, -0.2) is 19.6 Å². The van der Waals surface area contributed by atoms with Crippen molar-refractivity contribution >= 4 is 0 Å².